The van der Waals surface area contributed by atoms with Gasteiger partial charge in [-0.2, -0.15) is 0 Å². The van der Waals surface area contributed by atoms with Gasteiger partial charge in [-0.3, -0.25) is 9.59 Å². The number of hydrogen-bond donors (Lipinski definition) is 2. The third-order valence-electron chi connectivity index (χ3n) is 4.05. The van der Waals surface area contributed by atoms with Gasteiger partial charge in [0.15, 0.2) is 0 Å². The highest BCUT2D eigenvalue weighted by Gasteiger charge is 2.08. The zero-order valence-corrected chi connectivity index (χ0v) is 15.4. The van der Waals surface area contributed by atoms with Crippen molar-refractivity contribution < 1.29 is 9.59 Å². The molecule has 136 valence electrons. The van der Waals surface area contributed by atoms with E-state index in [-0.39, 0.29) is 11.8 Å². The maximum Gasteiger partial charge on any atom is 0.255 e. The molecular weight excluding hydrogens is 360 g/mol. The molecule has 0 aliphatic carbocycles. The number of benzene rings is 3. The fraction of sp³-hybridized carbons (Fsp3) is 0.0909. The second kappa shape index (κ2) is 9.01. The van der Waals surface area contributed by atoms with Crippen molar-refractivity contribution >= 4 is 29.1 Å². The highest BCUT2D eigenvalue weighted by atomic mass is 35.5. The minimum Gasteiger partial charge on any atom is -0.352 e. The first kappa shape index (κ1) is 18.7. The summed E-state index contributed by atoms with van der Waals surface area (Å²) in [5.74, 6) is -0.333. The Morgan fingerprint density at radius 3 is 2.04 bits per heavy atom. The highest BCUT2D eigenvalue weighted by molar-refractivity contribution is 6.30. The van der Waals surface area contributed by atoms with Crippen molar-refractivity contribution in [3.05, 3.63) is 101 Å². The number of carbonyl (C=O) groups excluding carboxylic acids is 2. The van der Waals surface area contributed by atoms with Crippen molar-refractivity contribution in [2.24, 2.45) is 0 Å². The summed E-state index contributed by atoms with van der Waals surface area (Å²) in [6.45, 7) is 0.535. The Morgan fingerprint density at radius 1 is 0.741 bits per heavy atom. The van der Waals surface area contributed by atoms with E-state index in [1.54, 1.807) is 36.4 Å². The molecule has 3 rings (SSSR count). The standard InChI is InChI=1S/C22H19ClN2O2/c23-19-10-6-16(7-11-19)14-15-24-21(26)18-8-12-20(13-9-18)25-22(27)17-4-2-1-3-5-17/h1-13H,14-15H2,(H,24,26)(H,25,27). The minimum atomic E-state index is -0.184. The Kier molecular flexibility index (Phi) is 6.23. The van der Waals surface area contributed by atoms with Crippen molar-refractivity contribution in [2.45, 2.75) is 6.42 Å². The smallest absolute Gasteiger partial charge is 0.255 e. The van der Waals surface area contributed by atoms with Gasteiger partial charge in [0.05, 0.1) is 0 Å². The van der Waals surface area contributed by atoms with E-state index in [4.69, 9.17) is 11.6 Å². The molecule has 27 heavy (non-hydrogen) atoms. The number of carbonyl (C=O) groups is 2. The molecule has 0 heterocycles. The monoisotopic (exact) mass is 378 g/mol. The summed E-state index contributed by atoms with van der Waals surface area (Å²) in [6, 6.07) is 23.4. The zero-order chi connectivity index (χ0) is 19.1. The lowest BCUT2D eigenvalue weighted by Gasteiger charge is -2.08. The first-order valence-electron chi connectivity index (χ1n) is 8.61. The molecule has 0 bridgehead atoms. The molecule has 0 aromatic heterocycles. The molecular formula is C22H19ClN2O2. The van der Waals surface area contributed by atoms with Crippen LogP contribution in [0.3, 0.4) is 0 Å². The van der Waals surface area contributed by atoms with Crippen LogP contribution in [0.1, 0.15) is 26.3 Å². The summed E-state index contributed by atoms with van der Waals surface area (Å²) in [5.41, 5.74) is 2.88. The molecule has 4 nitrogen and oxygen atoms in total. The molecule has 3 aromatic rings. The van der Waals surface area contributed by atoms with E-state index in [9.17, 15) is 9.59 Å². The normalized spacial score (nSPS) is 10.3. The molecule has 5 heteroatoms. The van der Waals surface area contributed by atoms with Gasteiger partial charge in [0.1, 0.15) is 0 Å². The molecule has 0 aliphatic heterocycles. The maximum atomic E-state index is 12.2. The summed E-state index contributed by atoms with van der Waals surface area (Å²) in [4.78, 5) is 24.4. The van der Waals surface area contributed by atoms with E-state index in [2.05, 4.69) is 10.6 Å². The SMILES string of the molecule is O=C(NCCc1ccc(Cl)cc1)c1ccc(NC(=O)c2ccccc2)cc1. The summed E-state index contributed by atoms with van der Waals surface area (Å²) in [5, 5.41) is 6.40. The van der Waals surface area contributed by atoms with Gasteiger partial charge in [0.25, 0.3) is 11.8 Å². The van der Waals surface area contributed by atoms with Gasteiger partial charge in [-0.05, 0) is 60.5 Å². The lowest BCUT2D eigenvalue weighted by Crippen LogP contribution is -2.25. The van der Waals surface area contributed by atoms with Crippen LogP contribution in [0.25, 0.3) is 0 Å². The van der Waals surface area contributed by atoms with Crippen LogP contribution in [0.15, 0.2) is 78.9 Å². The molecule has 2 N–H and O–H groups in total. The molecule has 0 saturated heterocycles. The Hall–Kier alpha value is -3.11. The van der Waals surface area contributed by atoms with E-state index in [1.165, 1.54) is 0 Å². The van der Waals surface area contributed by atoms with Crippen molar-refractivity contribution in [1.82, 2.24) is 5.32 Å². The predicted octanol–water partition coefficient (Wildman–Crippen LogP) is 4.56. The van der Waals surface area contributed by atoms with E-state index in [1.807, 2.05) is 42.5 Å². The first-order chi connectivity index (χ1) is 13.1. The van der Waals surface area contributed by atoms with E-state index >= 15 is 0 Å². The van der Waals surface area contributed by atoms with E-state index in [0.717, 1.165) is 12.0 Å². The molecule has 0 unspecified atom stereocenters. The second-order valence-electron chi connectivity index (χ2n) is 6.03. The number of anilines is 1. The van der Waals surface area contributed by atoms with Gasteiger partial charge in [0.2, 0.25) is 0 Å². The number of amides is 2. The van der Waals surface area contributed by atoms with Gasteiger partial charge in [0, 0.05) is 28.4 Å². The van der Waals surface area contributed by atoms with Crippen LogP contribution in [-0.4, -0.2) is 18.4 Å². The minimum absolute atomic E-state index is 0.148. The summed E-state index contributed by atoms with van der Waals surface area (Å²) in [7, 11) is 0. The topological polar surface area (TPSA) is 58.2 Å². The van der Waals surface area contributed by atoms with E-state index < -0.39 is 0 Å². The first-order valence-corrected chi connectivity index (χ1v) is 8.99. The number of halogens is 1. The van der Waals surface area contributed by atoms with Crippen molar-refractivity contribution in [3.8, 4) is 0 Å². The van der Waals surface area contributed by atoms with E-state index in [0.29, 0.717) is 28.4 Å². The van der Waals surface area contributed by atoms with Crippen LogP contribution in [0.2, 0.25) is 5.02 Å². The molecule has 0 saturated carbocycles. The Labute approximate surface area is 163 Å². The van der Waals surface area contributed by atoms with Crippen molar-refractivity contribution in [2.75, 3.05) is 11.9 Å². The average Bonchev–Trinajstić information content (AvgIpc) is 2.70. The maximum absolute atomic E-state index is 12.2. The average molecular weight is 379 g/mol. The number of hydrogen-bond acceptors (Lipinski definition) is 2. The summed E-state index contributed by atoms with van der Waals surface area (Å²) < 4.78 is 0. The van der Waals surface area contributed by atoms with Crippen LogP contribution < -0.4 is 10.6 Å². The Morgan fingerprint density at radius 2 is 1.37 bits per heavy atom. The Balaban J connectivity index is 1.51. The van der Waals surface area contributed by atoms with Crippen molar-refractivity contribution in [3.63, 3.8) is 0 Å². The molecule has 0 radical (unpaired) electrons. The molecule has 0 fully saturated rings. The van der Waals surface area contributed by atoms with Crippen LogP contribution in [-0.2, 0) is 6.42 Å². The largest absolute Gasteiger partial charge is 0.352 e. The lowest BCUT2D eigenvalue weighted by molar-refractivity contribution is 0.0953. The van der Waals surface area contributed by atoms with Crippen LogP contribution in [0.4, 0.5) is 5.69 Å². The lowest BCUT2D eigenvalue weighted by atomic mass is 10.1. The molecule has 0 atom stereocenters. The Bertz CT molecular complexity index is 907. The quantitative estimate of drug-likeness (QED) is 0.660. The van der Waals surface area contributed by atoms with Crippen LogP contribution >= 0.6 is 11.6 Å². The van der Waals surface area contributed by atoms with Gasteiger partial charge in [-0.1, -0.05) is 41.9 Å². The van der Waals surface area contributed by atoms with Gasteiger partial charge in [-0.15, -0.1) is 0 Å². The van der Waals surface area contributed by atoms with Gasteiger partial charge < -0.3 is 10.6 Å². The molecule has 0 spiro atoms. The zero-order valence-electron chi connectivity index (χ0n) is 14.6. The third-order valence-corrected chi connectivity index (χ3v) is 4.31. The number of nitrogens with one attached hydrogen (secondary N) is 2. The summed E-state index contributed by atoms with van der Waals surface area (Å²) >= 11 is 5.86. The fourth-order valence-corrected chi connectivity index (χ4v) is 2.70. The molecule has 2 amide bonds. The number of rotatable bonds is 6. The highest BCUT2D eigenvalue weighted by Crippen LogP contribution is 2.12. The fourth-order valence-electron chi connectivity index (χ4n) is 2.57. The second-order valence-corrected chi connectivity index (χ2v) is 6.47. The van der Waals surface area contributed by atoms with Crippen molar-refractivity contribution in [1.29, 1.82) is 0 Å². The van der Waals surface area contributed by atoms with Crippen LogP contribution in [0, 0.1) is 0 Å². The summed E-state index contributed by atoms with van der Waals surface area (Å²) in [6.07, 6.45) is 0.730. The van der Waals surface area contributed by atoms with Crippen LogP contribution in [0.5, 0.6) is 0 Å². The van der Waals surface area contributed by atoms with Gasteiger partial charge >= 0.3 is 0 Å². The van der Waals surface area contributed by atoms with Gasteiger partial charge in [-0.25, -0.2) is 0 Å². The molecule has 0 aliphatic rings. The predicted molar refractivity (Wildman–Crippen MR) is 108 cm³/mol. The third kappa shape index (κ3) is 5.43. The molecule has 3 aromatic carbocycles.